The number of amides is 2. The van der Waals surface area contributed by atoms with E-state index in [9.17, 15) is 14.0 Å². The van der Waals surface area contributed by atoms with E-state index in [4.69, 9.17) is 0 Å². The fourth-order valence-electron chi connectivity index (χ4n) is 4.75. The maximum absolute atomic E-state index is 14.6. The molecule has 3 aromatic rings. The molecule has 1 fully saturated rings. The van der Waals surface area contributed by atoms with Gasteiger partial charge in [0.05, 0.1) is 35.5 Å². The normalized spacial score (nSPS) is 15.5. The van der Waals surface area contributed by atoms with Crippen molar-refractivity contribution in [1.82, 2.24) is 25.9 Å². The first-order valence-corrected chi connectivity index (χ1v) is 12.0. The van der Waals surface area contributed by atoms with Gasteiger partial charge in [0.25, 0.3) is 5.91 Å². The molecule has 1 aromatic heterocycles. The lowest BCUT2D eigenvalue weighted by Gasteiger charge is -2.23. The zero-order valence-electron chi connectivity index (χ0n) is 19.7. The van der Waals surface area contributed by atoms with E-state index >= 15 is 0 Å². The fraction of sp³-hybridized carbons (Fsp3) is 0.333. The number of hydrogen-bond acceptors (Lipinski definition) is 5. The van der Waals surface area contributed by atoms with Gasteiger partial charge in [-0.15, -0.1) is 0 Å². The van der Waals surface area contributed by atoms with E-state index in [1.54, 1.807) is 6.07 Å². The first-order chi connectivity index (χ1) is 17.0. The number of nitrogens with zero attached hydrogens (tertiary/aromatic N) is 2. The Morgan fingerprint density at radius 2 is 1.80 bits per heavy atom. The molecule has 2 aliphatic rings. The van der Waals surface area contributed by atoms with Crippen LogP contribution in [0.5, 0.6) is 0 Å². The highest BCUT2D eigenvalue weighted by molar-refractivity contribution is 5.99. The molecule has 180 valence electrons. The van der Waals surface area contributed by atoms with E-state index in [1.165, 1.54) is 6.07 Å². The number of hydrogen-bond donors (Lipinski definition) is 3. The Bertz CT molecular complexity index is 1250. The summed E-state index contributed by atoms with van der Waals surface area (Å²) in [5, 5.41) is 9.21. The topological polar surface area (TPSA) is 96.0 Å². The molecule has 0 spiro atoms. The molecule has 2 amide bonds. The molecule has 0 aliphatic carbocycles. The van der Waals surface area contributed by atoms with Crippen molar-refractivity contribution in [2.45, 2.75) is 45.2 Å². The average molecular weight is 474 g/mol. The second kappa shape index (κ2) is 9.92. The molecule has 0 atom stereocenters. The van der Waals surface area contributed by atoms with E-state index in [0.717, 1.165) is 42.6 Å². The minimum absolute atomic E-state index is 0.0276. The van der Waals surface area contributed by atoms with E-state index in [-0.39, 0.29) is 29.5 Å². The predicted molar refractivity (Wildman–Crippen MR) is 130 cm³/mol. The number of carbonyl (C=O) groups excluding carboxylic acids is 2. The van der Waals surface area contributed by atoms with Crippen molar-refractivity contribution in [3.05, 3.63) is 81.9 Å². The third-order valence-electron chi connectivity index (χ3n) is 6.61. The molecule has 5 rings (SSSR count). The molecule has 2 aromatic carbocycles. The number of rotatable bonds is 6. The molecular weight excluding hydrogens is 445 g/mol. The summed E-state index contributed by atoms with van der Waals surface area (Å²) in [7, 11) is 0. The number of nitrogens with one attached hydrogen (secondary N) is 3. The maximum atomic E-state index is 14.6. The van der Waals surface area contributed by atoms with Gasteiger partial charge in [-0.2, -0.15) is 0 Å². The summed E-state index contributed by atoms with van der Waals surface area (Å²) in [5.74, 6) is -0.282. The minimum Gasteiger partial charge on any atom is -0.353 e. The number of piperidine rings is 1. The average Bonchev–Trinajstić information content (AvgIpc) is 3.22. The zero-order chi connectivity index (χ0) is 24.4. The van der Waals surface area contributed by atoms with Crippen molar-refractivity contribution in [1.29, 1.82) is 0 Å². The van der Waals surface area contributed by atoms with Crippen LogP contribution >= 0.6 is 0 Å². The van der Waals surface area contributed by atoms with Crippen LogP contribution in [-0.2, 0) is 24.2 Å². The standard InChI is InChI=1S/C27H28FN5O2/c1-16-3-2-4-20(28)24(16)26-32-21(25-22(33-26)15-30-27(25)35)13-17-5-7-18(8-6-17)14-23(34)31-19-9-11-29-12-10-19/h2-8,19,29H,9-15H2,1H3,(H,30,35)(H,31,34). The summed E-state index contributed by atoms with van der Waals surface area (Å²) < 4.78 is 14.6. The van der Waals surface area contributed by atoms with Crippen molar-refractivity contribution in [2.75, 3.05) is 13.1 Å². The molecule has 0 radical (unpaired) electrons. The van der Waals surface area contributed by atoms with Crippen LogP contribution in [0.3, 0.4) is 0 Å². The van der Waals surface area contributed by atoms with Crippen molar-refractivity contribution in [3.63, 3.8) is 0 Å². The van der Waals surface area contributed by atoms with Crippen LogP contribution < -0.4 is 16.0 Å². The highest BCUT2D eigenvalue weighted by Crippen LogP contribution is 2.28. The Balaban J connectivity index is 1.35. The largest absolute Gasteiger partial charge is 0.353 e. The molecule has 3 heterocycles. The second-order valence-corrected chi connectivity index (χ2v) is 9.19. The molecule has 0 unspecified atom stereocenters. The summed E-state index contributed by atoms with van der Waals surface area (Å²) in [6.07, 6.45) is 2.64. The molecule has 1 saturated heterocycles. The summed E-state index contributed by atoms with van der Waals surface area (Å²) >= 11 is 0. The third-order valence-corrected chi connectivity index (χ3v) is 6.61. The van der Waals surface area contributed by atoms with Crippen molar-refractivity contribution in [3.8, 4) is 11.4 Å². The van der Waals surface area contributed by atoms with Crippen molar-refractivity contribution < 1.29 is 14.0 Å². The highest BCUT2D eigenvalue weighted by Gasteiger charge is 2.27. The van der Waals surface area contributed by atoms with Crippen molar-refractivity contribution >= 4 is 11.8 Å². The van der Waals surface area contributed by atoms with Gasteiger partial charge in [0.15, 0.2) is 5.82 Å². The lowest BCUT2D eigenvalue weighted by molar-refractivity contribution is -0.121. The molecule has 2 aliphatic heterocycles. The van der Waals surface area contributed by atoms with Gasteiger partial charge in [-0.05, 0) is 55.6 Å². The van der Waals surface area contributed by atoms with Crippen molar-refractivity contribution in [2.24, 2.45) is 0 Å². The molecule has 0 bridgehead atoms. The van der Waals surface area contributed by atoms with Crippen LogP contribution in [0.1, 0.15) is 51.3 Å². The maximum Gasteiger partial charge on any atom is 0.255 e. The number of benzene rings is 2. The number of aromatic nitrogens is 2. The van der Waals surface area contributed by atoms with Gasteiger partial charge in [-0.25, -0.2) is 14.4 Å². The summed E-state index contributed by atoms with van der Waals surface area (Å²) in [5.41, 5.74) is 4.58. The van der Waals surface area contributed by atoms with Crippen LogP contribution in [0.4, 0.5) is 4.39 Å². The Morgan fingerprint density at radius 1 is 1.06 bits per heavy atom. The highest BCUT2D eigenvalue weighted by atomic mass is 19.1. The van der Waals surface area contributed by atoms with E-state index < -0.39 is 0 Å². The number of fused-ring (bicyclic) bond motifs is 1. The van der Waals surface area contributed by atoms with Crippen LogP contribution in [0.25, 0.3) is 11.4 Å². The fourth-order valence-corrected chi connectivity index (χ4v) is 4.75. The SMILES string of the molecule is Cc1cccc(F)c1-c1nc2c(c(Cc3ccc(CC(=O)NC4CCNCC4)cc3)n1)C(=O)NC2. The van der Waals surface area contributed by atoms with Gasteiger partial charge in [0, 0.05) is 12.5 Å². The lowest BCUT2D eigenvalue weighted by atomic mass is 10.0. The Kier molecular flexibility index (Phi) is 6.55. The predicted octanol–water partition coefficient (Wildman–Crippen LogP) is 2.84. The quantitative estimate of drug-likeness (QED) is 0.512. The van der Waals surface area contributed by atoms with E-state index in [0.29, 0.717) is 41.9 Å². The molecule has 0 saturated carbocycles. The van der Waals surface area contributed by atoms with Gasteiger partial charge in [-0.1, -0.05) is 36.4 Å². The van der Waals surface area contributed by atoms with Gasteiger partial charge in [0.2, 0.25) is 5.91 Å². The Morgan fingerprint density at radius 3 is 2.54 bits per heavy atom. The van der Waals surface area contributed by atoms with E-state index in [2.05, 4.69) is 25.9 Å². The first kappa shape index (κ1) is 23.1. The summed E-state index contributed by atoms with van der Waals surface area (Å²) in [6, 6.07) is 12.9. The second-order valence-electron chi connectivity index (χ2n) is 9.19. The van der Waals surface area contributed by atoms with Gasteiger partial charge >= 0.3 is 0 Å². The molecule has 8 heteroatoms. The molecule has 7 nitrogen and oxygen atoms in total. The minimum atomic E-state index is -0.389. The van der Waals surface area contributed by atoms with E-state index in [1.807, 2.05) is 37.3 Å². The van der Waals surface area contributed by atoms with Gasteiger partial charge < -0.3 is 16.0 Å². The van der Waals surface area contributed by atoms with Crippen LogP contribution in [0, 0.1) is 12.7 Å². The zero-order valence-corrected chi connectivity index (χ0v) is 19.7. The third kappa shape index (κ3) is 5.07. The monoisotopic (exact) mass is 473 g/mol. The summed E-state index contributed by atoms with van der Waals surface area (Å²) in [4.78, 5) is 34.1. The smallest absolute Gasteiger partial charge is 0.255 e. The lowest BCUT2D eigenvalue weighted by Crippen LogP contribution is -2.43. The van der Waals surface area contributed by atoms with Crippen LogP contribution in [0.2, 0.25) is 0 Å². The number of aryl methyl sites for hydroxylation is 1. The molecule has 3 N–H and O–H groups in total. The molecule has 35 heavy (non-hydrogen) atoms. The van der Waals surface area contributed by atoms with Crippen LogP contribution in [-0.4, -0.2) is 40.9 Å². The number of halogens is 1. The summed E-state index contributed by atoms with van der Waals surface area (Å²) in [6.45, 7) is 3.98. The first-order valence-electron chi connectivity index (χ1n) is 12.0. The Labute approximate surface area is 203 Å². The van der Waals surface area contributed by atoms with Gasteiger partial charge in [0.1, 0.15) is 5.82 Å². The van der Waals surface area contributed by atoms with Crippen LogP contribution in [0.15, 0.2) is 42.5 Å². The molecular formula is C27H28FN5O2. The van der Waals surface area contributed by atoms with Gasteiger partial charge in [-0.3, -0.25) is 9.59 Å². The Hall–Kier alpha value is -3.65. The number of carbonyl (C=O) groups is 2.